The number of nitrogens with one attached hydrogen (secondary N) is 2. The van der Waals surface area contributed by atoms with E-state index in [-0.39, 0.29) is 5.91 Å². The van der Waals surface area contributed by atoms with E-state index in [1.54, 1.807) is 0 Å². The lowest BCUT2D eigenvalue weighted by Gasteiger charge is -2.08. The van der Waals surface area contributed by atoms with Crippen molar-refractivity contribution >= 4 is 27.5 Å². The molecule has 1 aromatic rings. The van der Waals surface area contributed by atoms with Crippen LogP contribution in [0.1, 0.15) is 26.2 Å². The number of para-hydroxylation sites is 1. The van der Waals surface area contributed by atoms with Crippen molar-refractivity contribution in [3.63, 3.8) is 0 Å². The van der Waals surface area contributed by atoms with Gasteiger partial charge in [0.25, 0.3) is 0 Å². The first kappa shape index (κ1) is 14.0. The lowest BCUT2D eigenvalue weighted by atomic mass is 10.2. The summed E-state index contributed by atoms with van der Waals surface area (Å²) in [5.41, 5.74) is 0.941. The molecule has 0 heterocycles. The number of hydrogen-bond acceptors (Lipinski definition) is 2. The minimum atomic E-state index is 0.0388. The Bertz CT molecular complexity index is 355. The van der Waals surface area contributed by atoms with E-state index in [1.165, 1.54) is 6.42 Å². The Morgan fingerprint density at radius 3 is 2.76 bits per heavy atom. The predicted octanol–water partition coefficient (Wildman–Crippen LogP) is 3.17. The summed E-state index contributed by atoms with van der Waals surface area (Å²) in [6.07, 6.45) is 3.39. The highest BCUT2D eigenvalue weighted by Crippen LogP contribution is 2.20. The summed E-state index contributed by atoms with van der Waals surface area (Å²) in [4.78, 5) is 11.5. The normalized spacial score (nSPS) is 10.0. The number of unbranched alkanes of at least 4 members (excludes halogenated alkanes) is 2. The molecule has 0 unspecified atom stereocenters. The van der Waals surface area contributed by atoms with Gasteiger partial charge in [-0.25, -0.2) is 0 Å². The Labute approximate surface area is 111 Å². The Balaban J connectivity index is 2.22. The van der Waals surface area contributed by atoms with Crippen LogP contribution in [0.3, 0.4) is 0 Å². The van der Waals surface area contributed by atoms with Crippen molar-refractivity contribution < 1.29 is 4.79 Å². The smallest absolute Gasteiger partial charge is 0.239 e. The third kappa shape index (κ3) is 5.73. The molecule has 0 spiro atoms. The van der Waals surface area contributed by atoms with Crippen LogP contribution in [0, 0.1) is 0 Å². The highest BCUT2D eigenvalue weighted by atomic mass is 79.9. The molecule has 0 bridgehead atoms. The number of carbonyl (C=O) groups is 1. The van der Waals surface area contributed by atoms with Crippen molar-refractivity contribution in [2.75, 3.05) is 18.4 Å². The highest BCUT2D eigenvalue weighted by Gasteiger charge is 2.02. The van der Waals surface area contributed by atoms with E-state index >= 15 is 0 Å². The molecule has 4 heteroatoms. The fourth-order valence-electron chi connectivity index (χ4n) is 1.45. The van der Waals surface area contributed by atoms with E-state index in [9.17, 15) is 4.79 Å². The maximum absolute atomic E-state index is 11.5. The molecule has 2 N–H and O–H groups in total. The van der Waals surface area contributed by atoms with Crippen LogP contribution in [0.2, 0.25) is 0 Å². The maximum Gasteiger partial charge on any atom is 0.239 e. The van der Waals surface area contributed by atoms with Gasteiger partial charge in [-0.05, 0) is 34.5 Å². The third-order valence-electron chi connectivity index (χ3n) is 2.42. The summed E-state index contributed by atoms with van der Waals surface area (Å²) in [7, 11) is 0. The van der Waals surface area contributed by atoms with Crippen LogP contribution in [0.5, 0.6) is 0 Å². The zero-order chi connectivity index (χ0) is 12.5. The Morgan fingerprint density at radius 2 is 2.06 bits per heavy atom. The second-order valence-corrected chi connectivity index (χ2v) is 4.74. The fraction of sp³-hybridized carbons (Fsp3) is 0.462. The summed E-state index contributed by atoms with van der Waals surface area (Å²) in [5, 5.41) is 5.99. The van der Waals surface area contributed by atoms with E-state index in [2.05, 4.69) is 33.5 Å². The topological polar surface area (TPSA) is 41.1 Å². The molecular formula is C13H19BrN2O. The molecule has 17 heavy (non-hydrogen) atoms. The number of halogens is 1. The van der Waals surface area contributed by atoms with Crippen molar-refractivity contribution in [1.29, 1.82) is 0 Å². The lowest BCUT2D eigenvalue weighted by Crippen LogP contribution is -2.30. The van der Waals surface area contributed by atoms with Gasteiger partial charge >= 0.3 is 0 Å². The van der Waals surface area contributed by atoms with Crippen molar-refractivity contribution in [2.45, 2.75) is 26.2 Å². The standard InChI is InChI=1S/C13H19BrN2O/c1-2-3-6-9-15-13(17)10-16-12-8-5-4-7-11(12)14/h4-5,7-8,16H,2-3,6,9-10H2,1H3,(H,15,17). The molecule has 3 nitrogen and oxygen atoms in total. The number of benzene rings is 1. The SMILES string of the molecule is CCCCCNC(=O)CNc1ccccc1Br. The minimum Gasteiger partial charge on any atom is -0.375 e. The van der Waals surface area contributed by atoms with E-state index in [1.807, 2.05) is 24.3 Å². The van der Waals surface area contributed by atoms with Crippen LogP contribution in [0.4, 0.5) is 5.69 Å². The first-order chi connectivity index (χ1) is 8.24. The quantitative estimate of drug-likeness (QED) is 0.759. The van der Waals surface area contributed by atoms with E-state index in [4.69, 9.17) is 0 Å². The Hall–Kier alpha value is -1.03. The number of rotatable bonds is 7. The van der Waals surface area contributed by atoms with Gasteiger partial charge in [0, 0.05) is 16.7 Å². The molecule has 94 valence electrons. The number of carbonyl (C=O) groups excluding carboxylic acids is 1. The molecule has 0 aliphatic heterocycles. The average Bonchev–Trinajstić information content (AvgIpc) is 2.34. The average molecular weight is 299 g/mol. The van der Waals surface area contributed by atoms with E-state index < -0.39 is 0 Å². The first-order valence-corrected chi connectivity index (χ1v) is 6.78. The van der Waals surface area contributed by atoms with Crippen molar-refractivity contribution in [3.8, 4) is 0 Å². The Morgan fingerprint density at radius 1 is 1.29 bits per heavy atom. The van der Waals surface area contributed by atoms with Gasteiger partial charge in [-0.15, -0.1) is 0 Å². The zero-order valence-corrected chi connectivity index (χ0v) is 11.7. The monoisotopic (exact) mass is 298 g/mol. The lowest BCUT2D eigenvalue weighted by molar-refractivity contribution is -0.119. The van der Waals surface area contributed by atoms with Crippen LogP contribution in [-0.2, 0) is 4.79 Å². The van der Waals surface area contributed by atoms with Crippen molar-refractivity contribution in [2.24, 2.45) is 0 Å². The fourth-order valence-corrected chi connectivity index (χ4v) is 1.87. The molecule has 0 aromatic heterocycles. The summed E-state index contributed by atoms with van der Waals surface area (Å²) in [6.45, 7) is 3.23. The van der Waals surface area contributed by atoms with Gasteiger partial charge < -0.3 is 10.6 Å². The van der Waals surface area contributed by atoms with Gasteiger partial charge in [0.1, 0.15) is 0 Å². The molecule has 0 saturated heterocycles. The molecule has 1 aromatic carbocycles. The van der Waals surface area contributed by atoms with Crippen LogP contribution in [-0.4, -0.2) is 19.0 Å². The van der Waals surface area contributed by atoms with Gasteiger partial charge in [0.2, 0.25) is 5.91 Å². The summed E-state index contributed by atoms with van der Waals surface area (Å²) in [6, 6.07) is 7.77. The molecule has 0 saturated carbocycles. The van der Waals surface area contributed by atoms with Crippen LogP contribution in [0.15, 0.2) is 28.7 Å². The van der Waals surface area contributed by atoms with Crippen LogP contribution >= 0.6 is 15.9 Å². The molecule has 0 aliphatic rings. The number of hydrogen-bond donors (Lipinski definition) is 2. The maximum atomic E-state index is 11.5. The molecule has 0 fully saturated rings. The molecule has 0 radical (unpaired) electrons. The van der Waals surface area contributed by atoms with Crippen molar-refractivity contribution in [1.82, 2.24) is 5.32 Å². The molecule has 0 atom stereocenters. The molecule has 0 aliphatic carbocycles. The summed E-state index contributed by atoms with van der Waals surface area (Å²) in [5.74, 6) is 0.0388. The van der Waals surface area contributed by atoms with Gasteiger partial charge in [0.05, 0.1) is 6.54 Å². The van der Waals surface area contributed by atoms with Crippen molar-refractivity contribution in [3.05, 3.63) is 28.7 Å². The second-order valence-electron chi connectivity index (χ2n) is 3.89. The molecule has 1 amide bonds. The van der Waals surface area contributed by atoms with Gasteiger partial charge in [-0.1, -0.05) is 31.9 Å². The highest BCUT2D eigenvalue weighted by molar-refractivity contribution is 9.10. The minimum absolute atomic E-state index is 0.0388. The second kappa shape index (κ2) is 8.12. The summed E-state index contributed by atoms with van der Waals surface area (Å²) >= 11 is 3.43. The predicted molar refractivity (Wildman–Crippen MR) is 75.2 cm³/mol. The Kier molecular flexibility index (Phi) is 6.70. The van der Waals surface area contributed by atoms with Crippen LogP contribution < -0.4 is 10.6 Å². The largest absolute Gasteiger partial charge is 0.375 e. The zero-order valence-electron chi connectivity index (χ0n) is 10.1. The van der Waals surface area contributed by atoms with Gasteiger partial charge in [-0.3, -0.25) is 4.79 Å². The molecule has 1 rings (SSSR count). The number of anilines is 1. The third-order valence-corrected chi connectivity index (χ3v) is 3.11. The first-order valence-electron chi connectivity index (χ1n) is 5.99. The van der Waals surface area contributed by atoms with Gasteiger partial charge in [0.15, 0.2) is 0 Å². The number of amides is 1. The van der Waals surface area contributed by atoms with Gasteiger partial charge in [-0.2, -0.15) is 0 Å². The summed E-state index contributed by atoms with van der Waals surface area (Å²) < 4.78 is 0.971. The van der Waals surface area contributed by atoms with Crippen LogP contribution in [0.25, 0.3) is 0 Å². The molecular weight excluding hydrogens is 280 g/mol. The van der Waals surface area contributed by atoms with E-state index in [0.29, 0.717) is 6.54 Å². The van der Waals surface area contributed by atoms with E-state index in [0.717, 1.165) is 29.5 Å².